The van der Waals surface area contributed by atoms with Crippen LogP contribution in [0.2, 0.25) is 0 Å². The lowest BCUT2D eigenvalue weighted by molar-refractivity contribution is -0.673. The standard InChI is InChI=1S/C31H33N2O4.HI/c1-3-10-28-26(8-1)24(12-16-32(28)18-14-30-34-20-21-35-30)6-5-7-25-13-17-33(19-15-31-36-22-23-37-31)29-11-4-2-9-27(25)29;/h1-13,16-17,30-31H,14-15,18-23H2;1H/q+1;/p-1. The molecule has 0 atom stereocenters. The van der Waals surface area contributed by atoms with Crippen LogP contribution in [0, 0.1) is 0 Å². The van der Waals surface area contributed by atoms with Gasteiger partial charge >= 0.3 is 0 Å². The van der Waals surface area contributed by atoms with Gasteiger partial charge in [-0.15, -0.1) is 0 Å². The number of ether oxygens (including phenoxy) is 4. The Morgan fingerprint density at radius 2 is 1.55 bits per heavy atom. The van der Waals surface area contributed by atoms with Gasteiger partial charge in [-0.2, -0.15) is 4.57 Å². The number of benzene rings is 2. The van der Waals surface area contributed by atoms with Crippen molar-refractivity contribution < 1.29 is 47.5 Å². The number of aromatic nitrogens is 1. The zero-order valence-corrected chi connectivity index (χ0v) is 23.5. The van der Waals surface area contributed by atoms with E-state index in [-0.39, 0.29) is 36.6 Å². The lowest BCUT2D eigenvalue weighted by Crippen LogP contribution is -3.00. The highest BCUT2D eigenvalue weighted by molar-refractivity contribution is 5.89. The van der Waals surface area contributed by atoms with Gasteiger partial charge < -0.3 is 47.8 Å². The van der Waals surface area contributed by atoms with Crippen LogP contribution in [0.1, 0.15) is 24.0 Å². The number of hydrogen-bond donors (Lipinski definition) is 0. The average Bonchev–Trinajstić information content (AvgIpc) is 3.67. The number of aryl methyl sites for hydroxylation is 1. The third-order valence-electron chi connectivity index (χ3n) is 7.06. The predicted octanol–water partition coefficient (Wildman–Crippen LogP) is 2.09. The van der Waals surface area contributed by atoms with Gasteiger partial charge in [0.05, 0.1) is 38.2 Å². The van der Waals surface area contributed by atoms with Gasteiger partial charge in [-0.1, -0.05) is 48.6 Å². The fourth-order valence-electron chi connectivity index (χ4n) is 5.19. The summed E-state index contributed by atoms with van der Waals surface area (Å²) in [7, 11) is 0. The summed E-state index contributed by atoms with van der Waals surface area (Å²) in [5.41, 5.74) is 6.05. The molecule has 0 radical (unpaired) electrons. The van der Waals surface area contributed by atoms with Crippen LogP contribution in [-0.4, -0.2) is 45.6 Å². The second-order valence-electron chi connectivity index (χ2n) is 9.41. The van der Waals surface area contributed by atoms with Crippen molar-refractivity contribution in [2.24, 2.45) is 0 Å². The zero-order valence-electron chi connectivity index (χ0n) is 21.4. The van der Waals surface area contributed by atoms with Crippen molar-refractivity contribution >= 4 is 28.2 Å². The Bertz CT molecular complexity index is 1330. The van der Waals surface area contributed by atoms with Crippen molar-refractivity contribution in [2.75, 3.05) is 37.9 Å². The van der Waals surface area contributed by atoms with Crippen LogP contribution in [0.25, 0.3) is 22.6 Å². The molecule has 0 spiro atoms. The molecule has 1 aromatic heterocycles. The molecule has 3 aliphatic rings. The van der Waals surface area contributed by atoms with Crippen LogP contribution in [0.5, 0.6) is 0 Å². The summed E-state index contributed by atoms with van der Waals surface area (Å²) < 4.78 is 24.8. The Morgan fingerprint density at radius 3 is 2.37 bits per heavy atom. The van der Waals surface area contributed by atoms with Gasteiger partial charge in [0, 0.05) is 42.5 Å². The Morgan fingerprint density at radius 1 is 0.842 bits per heavy atom. The summed E-state index contributed by atoms with van der Waals surface area (Å²) in [6, 6.07) is 19.3. The van der Waals surface area contributed by atoms with E-state index in [9.17, 15) is 0 Å². The molecular weight excluding hydrogens is 591 g/mol. The molecule has 4 heterocycles. The Labute approximate surface area is 241 Å². The first-order valence-electron chi connectivity index (χ1n) is 13.2. The molecule has 198 valence electrons. The summed E-state index contributed by atoms with van der Waals surface area (Å²) in [6.07, 6.45) is 14.6. The number of para-hydroxylation sites is 2. The monoisotopic (exact) mass is 624 g/mol. The van der Waals surface area contributed by atoms with Crippen LogP contribution >= 0.6 is 0 Å². The lowest BCUT2D eigenvalue weighted by atomic mass is 9.99. The van der Waals surface area contributed by atoms with Crippen molar-refractivity contribution in [3.8, 4) is 0 Å². The fraction of sp³-hybridized carbons (Fsp3) is 0.323. The highest BCUT2D eigenvalue weighted by Gasteiger charge is 2.21. The molecule has 0 amide bonds. The van der Waals surface area contributed by atoms with E-state index in [4.69, 9.17) is 18.9 Å². The fourth-order valence-corrected chi connectivity index (χ4v) is 5.19. The maximum Gasteiger partial charge on any atom is 0.213 e. The quantitative estimate of drug-likeness (QED) is 0.284. The third-order valence-corrected chi connectivity index (χ3v) is 7.06. The van der Waals surface area contributed by atoms with Crippen LogP contribution in [-0.2, 0) is 25.5 Å². The van der Waals surface area contributed by atoms with E-state index < -0.39 is 0 Å². The minimum absolute atomic E-state index is 0. The summed E-state index contributed by atoms with van der Waals surface area (Å²) in [5, 5.41) is 1.23. The van der Waals surface area contributed by atoms with Gasteiger partial charge in [0.25, 0.3) is 0 Å². The molecule has 2 fully saturated rings. The largest absolute Gasteiger partial charge is 1.00 e. The smallest absolute Gasteiger partial charge is 0.213 e. The van der Waals surface area contributed by atoms with Gasteiger partial charge in [-0.05, 0) is 29.3 Å². The van der Waals surface area contributed by atoms with Crippen molar-refractivity contribution in [2.45, 2.75) is 32.0 Å². The normalized spacial score (nSPS) is 19.1. The minimum Gasteiger partial charge on any atom is -1.00 e. The second kappa shape index (κ2) is 13.0. The van der Waals surface area contributed by atoms with Gasteiger partial charge in [-0.3, -0.25) is 0 Å². The van der Waals surface area contributed by atoms with Crippen LogP contribution in [0.4, 0.5) is 5.69 Å². The first-order valence-corrected chi connectivity index (χ1v) is 13.2. The average molecular weight is 625 g/mol. The molecule has 0 saturated carbocycles. The number of hydrogen-bond acceptors (Lipinski definition) is 5. The van der Waals surface area contributed by atoms with Crippen molar-refractivity contribution in [3.63, 3.8) is 0 Å². The van der Waals surface area contributed by atoms with Gasteiger partial charge in [0.1, 0.15) is 0 Å². The molecule has 0 bridgehead atoms. The van der Waals surface area contributed by atoms with Gasteiger partial charge in [-0.25, -0.2) is 0 Å². The third kappa shape index (κ3) is 6.18. The summed E-state index contributed by atoms with van der Waals surface area (Å²) >= 11 is 0. The maximum absolute atomic E-state index is 5.62. The van der Waals surface area contributed by atoms with E-state index >= 15 is 0 Å². The first kappa shape index (κ1) is 27.0. The number of allylic oxidation sites excluding steroid dienone is 4. The predicted molar refractivity (Wildman–Crippen MR) is 145 cm³/mol. The zero-order chi connectivity index (χ0) is 24.9. The molecule has 2 aromatic carbocycles. The number of pyridine rings is 1. The van der Waals surface area contributed by atoms with E-state index in [0.717, 1.165) is 25.9 Å². The number of nitrogens with zero attached hydrogens (tertiary/aromatic N) is 2. The van der Waals surface area contributed by atoms with Crippen LogP contribution in [0.15, 0.2) is 85.2 Å². The molecule has 7 heteroatoms. The SMILES string of the molecule is C1=CN(CCC2OCCO2)c2ccccc2/C1=C/C=C/c1cc[n+](CCC2OCCO2)c2ccccc12.[I-]. The number of anilines is 1. The lowest BCUT2D eigenvalue weighted by Gasteiger charge is -2.28. The van der Waals surface area contributed by atoms with E-state index in [2.05, 4.69) is 101 Å². The number of rotatable bonds is 8. The maximum atomic E-state index is 5.62. The van der Waals surface area contributed by atoms with E-state index in [0.29, 0.717) is 26.4 Å². The molecule has 3 aliphatic heterocycles. The topological polar surface area (TPSA) is 44.0 Å². The molecule has 6 rings (SSSR count). The summed E-state index contributed by atoms with van der Waals surface area (Å²) in [6.45, 7) is 4.48. The van der Waals surface area contributed by atoms with E-state index in [1.807, 2.05) is 0 Å². The van der Waals surface area contributed by atoms with E-state index in [1.165, 1.54) is 33.3 Å². The molecule has 0 N–H and O–H groups in total. The first-order chi connectivity index (χ1) is 18.3. The summed E-state index contributed by atoms with van der Waals surface area (Å²) in [5.74, 6) is 0. The molecule has 2 saturated heterocycles. The van der Waals surface area contributed by atoms with Crippen molar-refractivity contribution in [1.29, 1.82) is 0 Å². The minimum atomic E-state index is -0.0933. The molecule has 3 aromatic rings. The number of halogens is 1. The van der Waals surface area contributed by atoms with Crippen molar-refractivity contribution in [1.82, 2.24) is 0 Å². The van der Waals surface area contributed by atoms with Crippen LogP contribution < -0.4 is 33.4 Å². The Hall–Kier alpha value is -2.56. The molecule has 0 aliphatic carbocycles. The highest BCUT2D eigenvalue weighted by atomic mass is 127. The molecule has 38 heavy (non-hydrogen) atoms. The van der Waals surface area contributed by atoms with Gasteiger partial charge in [0.2, 0.25) is 5.52 Å². The summed E-state index contributed by atoms with van der Waals surface area (Å²) in [4.78, 5) is 2.28. The second-order valence-corrected chi connectivity index (χ2v) is 9.41. The van der Waals surface area contributed by atoms with Gasteiger partial charge in [0.15, 0.2) is 25.3 Å². The van der Waals surface area contributed by atoms with Crippen molar-refractivity contribution in [3.05, 3.63) is 96.3 Å². The van der Waals surface area contributed by atoms with E-state index in [1.54, 1.807) is 0 Å². The molecule has 6 nitrogen and oxygen atoms in total. The highest BCUT2D eigenvalue weighted by Crippen LogP contribution is 2.33. The molecular formula is C31H33IN2O4. The Kier molecular flexibility index (Phi) is 9.24. The van der Waals surface area contributed by atoms with Crippen LogP contribution in [0.3, 0.4) is 0 Å². The number of fused-ring (bicyclic) bond motifs is 2. The molecule has 0 unspecified atom stereocenters. The Balaban J connectivity index is 0.00000294.